The molecule has 3 N–H and O–H groups in total. The summed E-state index contributed by atoms with van der Waals surface area (Å²) in [5, 5.41) is 0. The number of anilines is 1. The summed E-state index contributed by atoms with van der Waals surface area (Å²) in [6.45, 7) is 2.75. The first-order valence-electron chi connectivity index (χ1n) is 5.90. The number of H-pyrrole nitrogens is 1. The fourth-order valence-corrected chi connectivity index (χ4v) is 1.90. The minimum atomic E-state index is 0.209. The summed E-state index contributed by atoms with van der Waals surface area (Å²) < 4.78 is 5.21. The zero-order chi connectivity index (χ0) is 12.1. The number of aryl methyl sites for hydroxylation is 1. The van der Waals surface area contributed by atoms with Gasteiger partial charge in [-0.05, 0) is 12.8 Å². The van der Waals surface area contributed by atoms with Gasteiger partial charge in [0.05, 0.1) is 19.4 Å². The number of nitrogens with two attached hydrogens (primary N) is 1. The third-order valence-electron chi connectivity index (χ3n) is 2.85. The first kappa shape index (κ1) is 11.9. The number of nitrogens with one attached hydrogen (secondary N) is 1. The molecule has 6 nitrogen and oxygen atoms in total. The van der Waals surface area contributed by atoms with Crippen LogP contribution in [0.5, 0.6) is 0 Å². The van der Waals surface area contributed by atoms with E-state index in [0.717, 1.165) is 31.6 Å². The second-order valence-corrected chi connectivity index (χ2v) is 4.14. The van der Waals surface area contributed by atoms with Gasteiger partial charge in [0.15, 0.2) is 5.95 Å². The van der Waals surface area contributed by atoms with Crippen molar-refractivity contribution in [3.8, 4) is 0 Å². The largest absolute Gasteiger partial charge is 0.378 e. The number of nitrogen functional groups attached to an aromatic ring is 1. The topological polar surface area (TPSA) is 84.2 Å². The van der Waals surface area contributed by atoms with Crippen molar-refractivity contribution in [1.29, 1.82) is 0 Å². The van der Waals surface area contributed by atoms with Gasteiger partial charge in [-0.25, -0.2) is 4.98 Å². The number of rotatable bonds is 4. The van der Waals surface area contributed by atoms with E-state index in [2.05, 4.69) is 9.97 Å². The van der Waals surface area contributed by atoms with Gasteiger partial charge in [-0.15, -0.1) is 0 Å². The molecule has 2 rings (SSSR count). The highest BCUT2D eigenvalue weighted by Crippen LogP contribution is 2.07. The highest BCUT2D eigenvalue weighted by atomic mass is 16.5. The van der Waals surface area contributed by atoms with E-state index in [-0.39, 0.29) is 5.91 Å². The standard InChI is InChI=1S/C11H18N4O2/c12-11-13-8-9(14-11)2-1-3-10(16)15-4-6-17-7-5-15/h8H,1-7H2,(H3,12,13,14). The van der Waals surface area contributed by atoms with Crippen LogP contribution >= 0.6 is 0 Å². The van der Waals surface area contributed by atoms with Gasteiger partial charge in [0.25, 0.3) is 0 Å². The van der Waals surface area contributed by atoms with Gasteiger partial charge < -0.3 is 20.4 Å². The van der Waals surface area contributed by atoms with E-state index in [9.17, 15) is 4.79 Å². The molecule has 1 aliphatic heterocycles. The number of ether oxygens (including phenoxy) is 1. The van der Waals surface area contributed by atoms with Crippen molar-refractivity contribution in [3.63, 3.8) is 0 Å². The van der Waals surface area contributed by atoms with Gasteiger partial charge in [-0.2, -0.15) is 0 Å². The Balaban J connectivity index is 1.69. The molecular formula is C11H18N4O2. The van der Waals surface area contributed by atoms with Gasteiger partial charge in [-0.3, -0.25) is 4.79 Å². The number of morpholine rings is 1. The van der Waals surface area contributed by atoms with Crippen LogP contribution in [-0.4, -0.2) is 47.1 Å². The Morgan fingerprint density at radius 1 is 1.53 bits per heavy atom. The average molecular weight is 238 g/mol. The Bertz CT molecular complexity index is 371. The van der Waals surface area contributed by atoms with E-state index in [4.69, 9.17) is 10.5 Å². The molecule has 0 aliphatic carbocycles. The minimum absolute atomic E-state index is 0.209. The van der Waals surface area contributed by atoms with Crippen LogP contribution in [0.1, 0.15) is 18.5 Å². The number of aromatic amines is 1. The lowest BCUT2D eigenvalue weighted by atomic mass is 10.2. The highest BCUT2D eigenvalue weighted by molar-refractivity contribution is 5.76. The van der Waals surface area contributed by atoms with Crippen molar-refractivity contribution in [1.82, 2.24) is 14.9 Å². The van der Waals surface area contributed by atoms with Crippen LogP contribution in [0, 0.1) is 0 Å². The van der Waals surface area contributed by atoms with Gasteiger partial charge in [0.2, 0.25) is 5.91 Å². The van der Waals surface area contributed by atoms with Gasteiger partial charge in [-0.1, -0.05) is 0 Å². The summed E-state index contributed by atoms with van der Waals surface area (Å²) in [6, 6.07) is 0. The summed E-state index contributed by atoms with van der Waals surface area (Å²) in [7, 11) is 0. The van der Waals surface area contributed by atoms with Crippen LogP contribution in [0.2, 0.25) is 0 Å². The molecule has 0 atom stereocenters. The Morgan fingerprint density at radius 3 is 2.94 bits per heavy atom. The number of hydrogen-bond acceptors (Lipinski definition) is 4. The summed E-state index contributed by atoms with van der Waals surface area (Å²) in [5.74, 6) is 0.639. The quantitative estimate of drug-likeness (QED) is 0.783. The Labute approximate surface area is 100 Å². The predicted octanol–water partition coefficient (Wildman–Crippen LogP) is 0.173. The summed E-state index contributed by atoms with van der Waals surface area (Å²) in [4.78, 5) is 20.5. The maximum atomic E-state index is 11.8. The average Bonchev–Trinajstić information content (AvgIpc) is 2.76. The zero-order valence-electron chi connectivity index (χ0n) is 9.82. The molecule has 6 heteroatoms. The molecule has 0 bridgehead atoms. The van der Waals surface area contributed by atoms with Crippen LogP contribution in [0.15, 0.2) is 6.20 Å². The van der Waals surface area contributed by atoms with Gasteiger partial charge >= 0.3 is 0 Å². The minimum Gasteiger partial charge on any atom is -0.378 e. The predicted molar refractivity (Wildman–Crippen MR) is 63.3 cm³/mol. The van der Waals surface area contributed by atoms with Gasteiger partial charge in [0, 0.05) is 25.2 Å². The smallest absolute Gasteiger partial charge is 0.222 e. The molecule has 0 unspecified atom stereocenters. The first-order chi connectivity index (χ1) is 8.25. The molecule has 1 aliphatic rings. The third-order valence-corrected chi connectivity index (χ3v) is 2.85. The van der Waals surface area contributed by atoms with E-state index in [1.54, 1.807) is 6.20 Å². The second-order valence-electron chi connectivity index (χ2n) is 4.14. The molecule has 0 saturated carbocycles. The number of carbonyl (C=O) groups is 1. The van der Waals surface area contributed by atoms with Crippen LogP contribution in [0.3, 0.4) is 0 Å². The molecule has 1 aromatic heterocycles. The van der Waals surface area contributed by atoms with Crippen LogP contribution < -0.4 is 5.73 Å². The fraction of sp³-hybridized carbons (Fsp3) is 0.636. The van der Waals surface area contributed by atoms with Crippen molar-refractivity contribution in [2.75, 3.05) is 32.0 Å². The normalized spacial score (nSPS) is 16.1. The van der Waals surface area contributed by atoms with Crippen molar-refractivity contribution in [3.05, 3.63) is 11.9 Å². The fourth-order valence-electron chi connectivity index (χ4n) is 1.90. The summed E-state index contributed by atoms with van der Waals surface area (Å²) >= 11 is 0. The molecule has 1 saturated heterocycles. The number of amides is 1. The van der Waals surface area contributed by atoms with E-state index < -0.39 is 0 Å². The molecule has 2 heterocycles. The number of aromatic nitrogens is 2. The Morgan fingerprint density at radius 2 is 2.29 bits per heavy atom. The zero-order valence-corrected chi connectivity index (χ0v) is 9.82. The Hall–Kier alpha value is -1.56. The van der Waals surface area contributed by atoms with E-state index in [1.807, 2.05) is 4.90 Å². The lowest BCUT2D eigenvalue weighted by Gasteiger charge is -2.26. The molecule has 0 radical (unpaired) electrons. The highest BCUT2D eigenvalue weighted by Gasteiger charge is 2.16. The van der Waals surface area contributed by atoms with Gasteiger partial charge in [0.1, 0.15) is 0 Å². The SMILES string of the molecule is Nc1ncc(CCCC(=O)N2CCOCC2)[nH]1. The number of nitrogens with zero attached hydrogens (tertiary/aromatic N) is 2. The lowest BCUT2D eigenvalue weighted by molar-refractivity contribution is -0.135. The number of imidazole rings is 1. The first-order valence-corrected chi connectivity index (χ1v) is 5.90. The van der Waals surface area contributed by atoms with Crippen molar-refractivity contribution in [2.24, 2.45) is 0 Å². The van der Waals surface area contributed by atoms with Crippen LogP contribution in [-0.2, 0) is 16.0 Å². The van der Waals surface area contributed by atoms with Crippen molar-refractivity contribution in [2.45, 2.75) is 19.3 Å². The molecule has 1 aromatic rings. The summed E-state index contributed by atoms with van der Waals surface area (Å²) in [6.07, 6.45) is 3.91. The van der Waals surface area contributed by atoms with Crippen molar-refractivity contribution >= 4 is 11.9 Å². The van der Waals surface area contributed by atoms with E-state index in [1.165, 1.54) is 0 Å². The summed E-state index contributed by atoms with van der Waals surface area (Å²) in [5.41, 5.74) is 6.45. The molecule has 94 valence electrons. The number of hydrogen-bond donors (Lipinski definition) is 2. The maximum Gasteiger partial charge on any atom is 0.222 e. The number of carbonyl (C=O) groups excluding carboxylic acids is 1. The van der Waals surface area contributed by atoms with Crippen LogP contribution in [0.4, 0.5) is 5.95 Å². The molecule has 1 amide bonds. The van der Waals surface area contributed by atoms with E-state index >= 15 is 0 Å². The van der Waals surface area contributed by atoms with Crippen LogP contribution in [0.25, 0.3) is 0 Å². The second kappa shape index (κ2) is 5.67. The lowest BCUT2D eigenvalue weighted by Crippen LogP contribution is -2.40. The molecule has 1 fully saturated rings. The molecule has 0 spiro atoms. The van der Waals surface area contributed by atoms with Crippen molar-refractivity contribution < 1.29 is 9.53 Å². The molecule has 17 heavy (non-hydrogen) atoms. The maximum absolute atomic E-state index is 11.8. The van der Waals surface area contributed by atoms with E-state index in [0.29, 0.717) is 25.6 Å². The molecular weight excluding hydrogens is 220 g/mol. The monoisotopic (exact) mass is 238 g/mol. The Kier molecular flexibility index (Phi) is 3.98. The third kappa shape index (κ3) is 3.45. The molecule has 0 aromatic carbocycles.